The van der Waals surface area contributed by atoms with E-state index in [2.05, 4.69) is 21.2 Å². The highest BCUT2D eigenvalue weighted by Crippen LogP contribution is 2.27. The molecule has 4 nitrogen and oxygen atoms in total. The number of anilines is 1. The SMILES string of the molecule is O=C(O)c1ccc(Br)cc1NC(=O)C1CCCCC1. The highest BCUT2D eigenvalue weighted by atomic mass is 79.9. The standard InChI is InChI=1S/C14H16BrNO3/c15-10-6-7-11(14(18)19)12(8-10)16-13(17)9-4-2-1-3-5-9/h6-9H,1-5H2,(H,16,17)(H,18,19). The van der Waals surface area contributed by atoms with Gasteiger partial charge >= 0.3 is 5.97 Å². The Morgan fingerprint density at radius 1 is 1.21 bits per heavy atom. The Labute approximate surface area is 120 Å². The molecule has 1 aromatic rings. The summed E-state index contributed by atoms with van der Waals surface area (Å²) in [5, 5.41) is 11.9. The summed E-state index contributed by atoms with van der Waals surface area (Å²) in [6, 6.07) is 4.77. The van der Waals surface area contributed by atoms with Crippen molar-refractivity contribution in [3.05, 3.63) is 28.2 Å². The molecule has 0 spiro atoms. The highest BCUT2D eigenvalue weighted by Gasteiger charge is 2.22. The number of carboxylic acids is 1. The summed E-state index contributed by atoms with van der Waals surface area (Å²) >= 11 is 3.29. The van der Waals surface area contributed by atoms with E-state index in [4.69, 9.17) is 5.11 Å². The maximum absolute atomic E-state index is 12.1. The molecule has 1 aromatic carbocycles. The third kappa shape index (κ3) is 3.56. The lowest BCUT2D eigenvalue weighted by Gasteiger charge is -2.21. The van der Waals surface area contributed by atoms with Gasteiger partial charge in [-0.3, -0.25) is 4.79 Å². The smallest absolute Gasteiger partial charge is 0.337 e. The van der Waals surface area contributed by atoms with Gasteiger partial charge in [-0.25, -0.2) is 4.79 Å². The fourth-order valence-electron chi connectivity index (χ4n) is 2.41. The van der Waals surface area contributed by atoms with Gasteiger partial charge < -0.3 is 10.4 Å². The Morgan fingerprint density at radius 3 is 2.53 bits per heavy atom. The molecule has 0 aliphatic heterocycles. The normalized spacial score (nSPS) is 16.1. The number of benzene rings is 1. The van der Waals surface area contributed by atoms with Crippen LogP contribution in [0.3, 0.4) is 0 Å². The molecule has 102 valence electrons. The number of carboxylic acid groups (broad SMARTS) is 1. The number of amides is 1. The zero-order valence-corrected chi connectivity index (χ0v) is 12.1. The van der Waals surface area contributed by atoms with E-state index in [0.29, 0.717) is 5.69 Å². The van der Waals surface area contributed by atoms with Crippen LogP contribution in [0.2, 0.25) is 0 Å². The molecule has 0 atom stereocenters. The Kier molecular flexibility index (Phi) is 4.58. The van der Waals surface area contributed by atoms with Crippen molar-refractivity contribution in [1.82, 2.24) is 0 Å². The van der Waals surface area contributed by atoms with E-state index >= 15 is 0 Å². The van der Waals surface area contributed by atoms with Crippen LogP contribution in [0.4, 0.5) is 5.69 Å². The first kappa shape index (κ1) is 14.1. The number of carbonyl (C=O) groups is 2. The molecule has 2 N–H and O–H groups in total. The first-order valence-electron chi connectivity index (χ1n) is 6.41. The molecule has 19 heavy (non-hydrogen) atoms. The van der Waals surface area contributed by atoms with Crippen molar-refractivity contribution in [3.63, 3.8) is 0 Å². The van der Waals surface area contributed by atoms with Crippen LogP contribution in [0.15, 0.2) is 22.7 Å². The highest BCUT2D eigenvalue weighted by molar-refractivity contribution is 9.10. The molecule has 0 heterocycles. The minimum Gasteiger partial charge on any atom is -0.478 e. The summed E-state index contributed by atoms with van der Waals surface area (Å²) in [6.45, 7) is 0. The molecular formula is C14H16BrNO3. The van der Waals surface area contributed by atoms with Crippen molar-refractivity contribution in [2.75, 3.05) is 5.32 Å². The quantitative estimate of drug-likeness (QED) is 0.891. The van der Waals surface area contributed by atoms with E-state index in [9.17, 15) is 9.59 Å². The van der Waals surface area contributed by atoms with Gasteiger partial charge in [-0.2, -0.15) is 0 Å². The van der Waals surface area contributed by atoms with Crippen LogP contribution in [0.25, 0.3) is 0 Å². The average molecular weight is 326 g/mol. The predicted octanol–water partition coefficient (Wildman–Crippen LogP) is 3.67. The van der Waals surface area contributed by atoms with Crippen LogP contribution < -0.4 is 5.32 Å². The largest absolute Gasteiger partial charge is 0.478 e. The van der Waals surface area contributed by atoms with Crippen molar-refractivity contribution in [2.45, 2.75) is 32.1 Å². The van der Waals surface area contributed by atoms with E-state index in [1.165, 1.54) is 12.5 Å². The summed E-state index contributed by atoms with van der Waals surface area (Å²) in [4.78, 5) is 23.3. The lowest BCUT2D eigenvalue weighted by atomic mass is 9.88. The van der Waals surface area contributed by atoms with Crippen molar-refractivity contribution in [1.29, 1.82) is 0 Å². The number of hydrogen-bond acceptors (Lipinski definition) is 2. The molecule has 5 heteroatoms. The lowest BCUT2D eigenvalue weighted by molar-refractivity contribution is -0.120. The van der Waals surface area contributed by atoms with Crippen LogP contribution in [-0.4, -0.2) is 17.0 Å². The van der Waals surface area contributed by atoms with Crippen molar-refractivity contribution in [2.24, 2.45) is 5.92 Å². The molecule has 0 aromatic heterocycles. The van der Waals surface area contributed by atoms with Crippen molar-refractivity contribution in [3.8, 4) is 0 Å². The summed E-state index contributed by atoms with van der Waals surface area (Å²) in [5.74, 6) is -1.10. The van der Waals surface area contributed by atoms with Gasteiger partial charge in [-0.1, -0.05) is 35.2 Å². The second-order valence-electron chi connectivity index (χ2n) is 4.82. The first-order valence-corrected chi connectivity index (χ1v) is 7.21. The molecule has 1 fully saturated rings. The van der Waals surface area contributed by atoms with E-state index in [0.717, 1.165) is 30.2 Å². The van der Waals surface area contributed by atoms with Gasteiger partial charge in [-0.15, -0.1) is 0 Å². The Morgan fingerprint density at radius 2 is 1.89 bits per heavy atom. The first-order chi connectivity index (χ1) is 9.08. The monoisotopic (exact) mass is 325 g/mol. The fourth-order valence-corrected chi connectivity index (χ4v) is 2.77. The second-order valence-corrected chi connectivity index (χ2v) is 5.73. The summed E-state index contributed by atoms with van der Waals surface area (Å²) in [7, 11) is 0. The Hall–Kier alpha value is -1.36. The fraction of sp³-hybridized carbons (Fsp3) is 0.429. The van der Waals surface area contributed by atoms with E-state index < -0.39 is 5.97 Å². The van der Waals surface area contributed by atoms with Crippen molar-refractivity contribution < 1.29 is 14.7 Å². The molecule has 1 amide bonds. The Bertz CT molecular complexity index is 495. The number of aromatic carboxylic acids is 1. The molecule has 0 bridgehead atoms. The molecule has 1 aliphatic rings. The van der Waals surface area contributed by atoms with Crippen LogP contribution in [0.1, 0.15) is 42.5 Å². The van der Waals surface area contributed by atoms with E-state index in [1.807, 2.05) is 0 Å². The van der Waals surface area contributed by atoms with Gasteiger partial charge in [-0.05, 0) is 31.0 Å². The lowest BCUT2D eigenvalue weighted by Crippen LogP contribution is -2.25. The van der Waals surface area contributed by atoms with Gasteiger partial charge in [0.2, 0.25) is 5.91 Å². The zero-order valence-electron chi connectivity index (χ0n) is 10.5. The number of carbonyl (C=O) groups excluding carboxylic acids is 1. The summed E-state index contributed by atoms with van der Waals surface area (Å²) < 4.78 is 0.747. The van der Waals surface area contributed by atoms with Gasteiger partial charge in [0.25, 0.3) is 0 Å². The van der Waals surface area contributed by atoms with Gasteiger partial charge in [0, 0.05) is 10.4 Å². The average Bonchev–Trinajstić information content (AvgIpc) is 2.39. The minimum atomic E-state index is -1.04. The van der Waals surface area contributed by atoms with Gasteiger partial charge in [0.15, 0.2) is 0 Å². The molecule has 0 unspecified atom stereocenters. The number of halogens is 1. The van der Waals surface area contributed by atoms with Gasteiger partial charge in [0.05, 0.1) is 11.3 Å². The molecule has 0 saturated heterocycles. The maximum atomic E-state index is 12.1. The van der Waals surface area contributed by atoms with E-state index in [-0.39, 0.29) is 17.4 Å². The molecular weight excluding hydrogens is 310 g/mol. The third-order valence-corrected chi connectivity index (χ3v) is 3.94. The molecule has 2 rings (SSSR count). The molecule has 0 radical (unpaired) electrons. The Balaban J connectivity index is 2.15. The second kappa shape index (κ2) is 6.19. The number of rotatable bonds is 3. The van der Waals surface area contributed by atoms with Crippen LogP contribution in [0.5, 0.6) is 0 Å². The number of nitrogens with one attached hydrogen (secondary N) is 1. The minimum absolute atomic E-state index is 0.00868. The van der Waals surface area contributed by atoms with Crippen LogP contribution in [0, 0.1) is 5.92 Å². The maximum Gasteiger partial charge on any atom is 0.337 e. The van der Waals surface area contributed by atoms with E-state index in [1.54, 1.807) is 12.1 Å². The van der Waals surface area contributed by atoms with Crippen molar-refractivity contribution >= 4 is 33.5 Å². The van der Waals surface area contributed by atoms with Crippen LogP contribution >= 0.6 is 15.9 Å². The summed E-state index contributed by atoms with van der Waals surface area (Å²) in [5.41, 5.74) is 0.477. The number of hydrogen-bond donors (Lipinski definition) is 2. The van der Waals surface area contributed by atoms with Crippen LogP contribution in [-0.2, 0) is 4.79 Å². The molecule has 1 saturated carbocycles. The zero-order chi connectivity index (χ0) is 13.8. The summed E-state index contributed by atoms with van der Waals surface area (Å²) in [6.07, 6.45) is 5.11. The van der Waals surface area contributed by atoms with Gasteiger partial charge in [0.1, 0.15) is 0 Å². The predicted molar refractivity (Wildman–Crippen MR) is 76.3 cm³/mol. The molecule has 1 aliphatic carbocycles. The third-order valence-electron chi connectivity index (χ3n) is 3.45. The topological polar surface area (TPSA) is 66.4 Å².